The van der Waals surface area contributed by atoms with Crippen LogP contribution in [0.15, 0.2) is 5.10 Å². The molecule has 0 aromatic rings. The van der Waals surface area contributed by atoms with Gasteiger partial charge in [-0.2, -0.15) is 5.10 Å². The van der Waals surface area contributed by atoms with Gasteiger partial charge in [0.25, 0.3) is 0 Å². The number of amides is 1. The molecule has 0 bridgehead atoms. The van der Waals surface area contributed by atoms with Crippen molar-refractivity contribution in [3.63, 3.8) is 0 Å². The summed E-state index contributed by atoms with van der Waals surface area (Å²) in [4.78, 5) is 23.5. The first-order valence-corrected chi connectivity index (χ1v) is 5.05. The van der Waals surface area contributed by atoms with E-state index in [9.17, 15) is 9.59 Å². The second-order valence-corrected chi connectivity index (χ2v) is 4.54. The van der Waals surface area contributed by atoms with E-state index in [1.165, 1.54) is 11.9 Å². The molecule has 1 unspecified atom stereocenters. The molecule has 0 fully saturated rings. The largest absolute Gasteiger partial charge is 0.480 e. The van der Waals surface area contributed by atoms with Gasteiger partial charge >= 0.3 is 12.1 Å². The lowest BCUT2D eigenvalue weighted by Gasteiger charge is -2.26. The third-order valence-electron chi connectivity index (χ3n) is 1.71. The first-order chi connectivity index (χ1) is 7.67. The highest BCUT2D eigenvalue weighted by Gasteiger charge is 2.24. The van der Waals surface area contributed by atoms with Crippen molar-refractivity contribution in [3.05, 3.63) is 0 Å². The summed E-state index contributed by atoms with van der Waals surface area (Å²) in [6, 6.07) is -1.01. The number of nitrogens with one attached hydrogen (secondary N) is 1. The van der Waals surface area contributed by atoms with E-state index in [0.717, 1.165) is 0 Å². The Morgan fingerprint density at radius 3 is 2.41 bits per heavy atom. The summed E-state index contributed by atoms with van der Waals surface area (Å²) in [6.07, 6.45) is -0.588. The molecule has 1 amide bonds. The summed E-state index contributed by atoms with van der Waals surface area (Å²) in [7, 11) is 1.45. The Bertz CT molecular complexity index is 298. The Morgan fingerprint density at radius 1 is 1.53 bits per heavy atom. The van der Waals surface area contributed by atoms with Crippen LogP contribution in [0.3, 0.4) is 0 Å². The summed E-state index contributed by atoms with van der Waals surface area (Å²) in [5.41, 5.74) is 1.68. The maximum Gasteiger partial charge on any atom is 0.410 e. The van der Waals surface area contributed by atoms with Crippen LogP contribution in [0.25, 0.3) is 0 Å². The minimum Gasteiger partial charge on any atom is -0.480 e. The highest BCUT2D eigenvalue weighted by Crippen LogP contribution is 2.09. The quantitative estimate of drug-likeness (QED) is 0.544. The molecular weight excluding hydrogens is 226 g/mol. The van der Waals surface area contributed by atoms with Crippen LogP contribution in [0, 0.1) is 0 Å². The average Bonchev–Trinajstić information content (AvgIpc) is 2.13. The fourth-order valence-corrected chi connectivity index (χ4v) is 0.973. The number of aliphatic carboxylic acids is 1. The third kappa shape index (κ3) is 6.39. The van der Waals surface area contributed by atoms with Crippen molar-refractivity contribution in [1.29, 1.82) is 0 Å². The highest BCUT2D eigenvalue weighted by atomic mass is 16.6. The molecule has 0 aromatic heterocycles. The zero-order chi connectivity index (χ0) is 13.6. The fraction of sp³-hybridized carbons (Fsp3) is 0.700. The van der Waals surface area contributed by atoms with Gasteiger partial charge in [-0.1, -0.05) is 0 Å². The number of hydrogen-bond donors (Lipinski definition) is 2. The molecule has 1 atom stereocenters. The first-order valence-electron chi connectivity index (χ1n) is 5.05. The zero-order valence-electron chi connectivity index (χ0n) is 10.6. The lowest BCUT2D eigenvalue weighted by atomic mass is 10.2. The van der Waals surface area contributed by atoms with E-state index in [2.05, 4.69) is 17.2 Å². The maximum atomic E-state index is 11.6. The summed E-state index contributed by atoms with van der Waals surface area (Å²) in [5.74, 6) is -1.12. The molecular formula is C10H19N3O4. The number of hydrazone groups is 1. The van der Waals surface area contributed by atoms with Crippen molar-refractivity contribution in [3.8, 4) is 0 Å². The number of nitrogens with zero attached hydrogens (tertiary/aromatic N) is 2. The van der Waals surface area contributed by atoms with Gasteiger partial charge in [0, 0.05) is 13.8 Å². The Morgan fingerprint density at radius 2 is 2.06 bits per heavy atom. The van der Waals surface area contributed by atoms with Crippen molar-refractivity contribution in [2.45, 2.75) is 32.4 Å². The molecule has 0 radical (unpaired) electrons. The minimum absolute atomic E-state index is 0.0662. The molecule has 7 heteroatoms. The number of carbonyl (C=O) groups is 2. The molecule has 0 spiro atoms. The van der Waals surface area contributed by atoms with Crippen LogP contribution in [0.5, 0.6) is 0 Å². The predicted octanol–water partition coefficient (Wildman–Crippen LogP) is 0.512. The molecule has 0 heterocycles. The third-order valence-corrected chi connectivity index (χ3v) is 1.71. The molecule has 17 heavy (non-hydrogen) atoms. The number of carbonyl (C=O) groups excluding carboxylic acids is 1. The van der Waals surface area contributed by atoms with E-state index >= 15 is 0 Å². The van der Waals surface area contributed by atoms with Crippen molar-refractivity contribution >= 4 is 18.8 Å². The lowest BCUT2D eigenvalue weighted by molar-refractivity contribution is -0.139. The number of rotatable bonds is 5. The van der Waals surface area contributed by atoms with Crippen LogP contribution in [-0.4, -0.2) is 54.0 Å². The Hall–Kier alpha value is -1.79. The molecule has 0 aromatic carbocycles. The lowest BCUT2D eigenvalue weighted by Crippen LogP contribution is -2.46. The Labute approximate surface area is 100 Å². The molecule has 0 aliphatic heterocycles. The second kappa shape index (κ2) is 6.07. The van der Waals surface area contributed by atoms with Gasteiger partial charge in [0.2, 0.25) is 0 Å². The highest BCUT2D eigenvalue weighted by molar-refractivity contribution is 5.75. The van der Waals surface area contributed by atoms with Gasteiger partial charge in [0.05, 0.1) is 6.54 Å². The van der Waals surface area contributed by atoms with Crippen molar-refractivity contribution in [1.82, 2.24) is 10.3 Å². The van der Waals surface area contributed by atoms with Crippen molar-refractivity contribution < 1.29 is 19.4 Å². The Balaban J connectivity index is 4.40. The van der Waals surface area contributed by atoms with E-state index < -0.39 is 23.7 Å². The first kappa shape index (κ1) is 15.2. The van der Waals surface area contributed by atoms with Crippen LogP contribution >= 0.6 is 0 Å². The van der Waals surface area contributed by atoms with E-state index in [-0.39, 0.29) is 6.54 Å². The van der Waals surface area contributed by atoms with E-state index in [1.807, 2.05) is 0 Å². The van der Waals surface area contributed by atoms with Crippen LogP contribution in [0.1, 0.15) is 20.8 Å². The smallest absolute Gasteiger partial charge is 0.410 e. The number of ether oxygens (including phenoxy) is 1. The normalized spacial score (nSPS) is 12.5. The van der Waals surface area contributed by atoms with Crippen LogP contribution < -0.4 is 5.43 Å². The van der Waals surface area contributed by atoms with Gasteiger partial charge in [-0.25, -0.2) is 9.59 Å². The molecule has 0 saturated heterocycles. The van der Waals surface area contributed by atoms with Crippen molar-refractivity contribution in [2.75, 3.05) is 13.6 Å². The van der Waals surface area contributed by atoms with Gasteiger partial charge in [-0.05, 0) is 20.8 Å². The van der Waals surface area contributed by atoms with Gasteiger partial charge in [-0.3, -0.25) is 5.43 Å². The Kier molecular flexibility index (Phi) is 5.43. The number of likely N-dealkylation sites (N-methyl/N-ethyl adjacent to an activating group) is 1. The zero-order valence-corrected chi connectivity index (χ0v) is 10.6. The summed E-state index contributed by atoms with van der Waals surface area (Å²) in [5, 5.41) is 12.1. The van der Waals surface area contributed by atoms with Crippen LogP contribution in [0.4, 0.5) is 4.79 Å². The van der Waals surface area contributed by atoms with Gasteiger partial charge in [0.1, 0.15) is 5.60 Å². The molecule has 98 valence electrons. The number of carboxylic acid groups (broad SMARTS) is 1. The molecule has 0 saturated carbocycles. The summed E-state index contributed by atoms with van der Waals surface area (Å²) in [6.45, 7) is 8.27. The molecule has 0 aliphatic rings. The second-order valence-electron chi connectivity index (χ2n) is 4.54. The molecule has 2 N–H and O–H groups in total. The fourth-order valence-electron chi connectivity index (χ4n) is 0.973. The van der Waals surface area contributed by atoms with Crippen LogP contribution in [-0.2, 0) is 9.53 Å². The number of hydrogen-bond acceptors (Lipinski definition) is 5. The van der Waals surface area contributed by atoms with E-state index in [1.54, 1.807) is 20.8 Å². The van der Waals surface area contributed by atoms with Crippen molar-refractivity contribution in [2.24, 2.45) is 5.10 Å². The molecule has 0 rings (SSSR count). The standard InChI is InChI=1S/C10H19N3O4/c1-10(2,3)17-9(16)13(5)6-7(8(14)15)12-11-4/h7,12H,4,6H2,1-3,5H3,(H,14,15). The summed E-state index contributed by atoms with van der Waals surface area (Å²) < 4.78 is 5.08. The topological polar surface area (TPSA) is 91.2 Å². The van der Waals surface area contributed by atoms with Gasteiger partial charge in [-0.15, -0.1) is 0 Å². The van der Waals surface area contributed by atoms with E-state index in [0.29, 0.717) is 0 Å². The van der Waals surface area contributed by atoms with E-state index in [4.69, 9.17) is 9.84 Å². The SMILES string of the molecule is C=NNC(CN(C)C(=O)OC(C)(C)C)C(=O)O. The maximum absolute atomic E-state index is 11.6. The monoisotopic (exact) mass is 245 g/mol. The average molecular weight is 245 g/mol. The van der Waals surface area contributed by atoms with Gasteiger partial charge in [0.15, 0.2) is 6.04 Å². The molecule has 7 nitrogen and oxygen atoms in total. The minimum atomic E-state index is -1.12. The van der Waals surface area contributed by atoms with Crippen LogP contribution in [0.2, 0.25) is 0 Å². The van der Waals surface area contributed by atoms with Gasteiger partial charge < -0.3 is 14.7 Å². The number of carboxylic acids is 1. The molecule has 0 aliphatic carbocycles. The summed E-state index contributed by atoms with van der Waals surface area (Å²) >= 11 is 0. The predicted molar refractivity (Wildman–Crippen MR) is 63.0 cm³/mol.